The summed E-state index contributed by atoms with van der Waals surface area (Å²) in [6.07, 6.45) is 0.990. The molecule has 0 unspecified atom stereocenters. The molecule has 0 aliphatic carbocycles. The fourth-order valence-electron chi connectivity index (χ4n) is 2.50. The van der Waals surface area contributed by atoms with Crippen LogP contribution >= 0.6 is 0 Å². The fraction of sp³-hybridized carbons (Fsp3) is 0.647. The second kappa shape index (κ2) is 7.25. The number of ether oxygens (including phenoxy) is 2. The van der Waals surface area contributed by atoms with Crippen LogP contribution < -0.4 is 10.1 Å². The van der Waals surface area contributed by atoms with Gasteiger partial charge in [0, 0.05) is 26.1 Å². The van der Waals surface area contributed by atoms with Crippen LogP contribution in [0.25, 0.3) is 0 Å². The van der Waals surface area contributed by atoms with Gasteiger partial charge in [-0.15, -0.1) is 0 Å². The van der Waals surface area contributed by atoms with Crippen molar-refractivity contribution in [2.24, 2.45) is 0 Å². The van der Waals surface area contributed by atoms with Crippen LogP contribution in [-0.4, -0.2) is 50.9 Å². The predicted octanol–water partition coefficient (Wildman–Crippen LogP) is 2.07. The zero-order valence-corrected chi connectivity index (χ0v) is 13.7. The Balaban J connectivity index is 1.66. The Morgan fingerprint density at radius 2 is 2.10 bits per heavy atom. The SMILES string of the molecule is CN(C)CCOCCNCc1ccc2c(c1)CC(C)(C)O2. The maximum Gasteiger partial charge on any atom is 0.123 e. The van der Waals surface area contributed by atoms with Crippen LogP contribution in [0.15, 0.2) is 18.2 Å². The Labute approximate surface area is 128 Å². The molecule has 1 aromatic carbocycles. The highest BCUT2D eigenvalue weighted by atomic mass is 16.5. The molecule has 1 aliphatic rings. The first-order chi connectivity index (χ1) is 9.96. The van der Waals surface area contributed by atoms with E-state index < -0.39 is 0 Å². The number of fused-ring (bicyclic) bond motifs is 1. The summed E-state index contributed by atoms with van der Waals surface area (Å²) in [5, 5.41) is 3.42. The minimum Gasteiger partial charge on any atom is -0.487 e. The van der Waals surface area contributed by atoms with Crippen molar-refractivity contribution >= 4 is 0 Å². The van der Waals surface area contributed by atoms with E-state index in [4.69, 9.17) is 9.47 Å². The molecule has 0 atom stereocenters. The van der Waals surface area contributed by atoms with E-state index in [0.717, 1.165) is 45.0 Å². The minimum atomic E-state index is -0.0608. The molecule has 4 nitrogen and oxygen atoms in total. The quantitative estimate of drug-likeness (QED) is 0.744. The normalized spacial score (nSPS) is 16.0. The molecule has 0 spiro atoms. The third-order valence-electron chi connectivity index (χ3n) is 3.56. The van der Waals surface area contributed by atoms with E-state index in [2.05, 4.69) is 56.4 Å². The molecule has 0 radical (unpaired) electrons. The number of benzene rings is 1. The molecule has 1 N–H and O–H groups in total. The third kappa shape index (κ3) is 5.30. The summed E-state index contributed by atoms with van der Waals surface area (Å²) in [5.41, 5.74) is 2.57. The highest BCUT2D eigenvalue weighted by molar-refractivity contribution is 5.41. The lowest BCUT2D eigenvalue weighted by molar-refractivity contribution is 0.119. The first-order valence-corrected chi connectivity index (χ1v) is 7.70. The van der Waals surface area contributed by atoms with Crippen LogP contribution in [0.4, 0.5) is 0 Å². The van der Waals surface area contributed by atoms with Gasteiger partial charge in [-0.3, -0.25) is 0 Å². The maximum atomic E-state index is 5.89. The highest BCUT2D eigenvalue weighted by Gasteiger charge is 2.29. The summed E-state index contributed by atoms with van der Waals surface area (Å²) in [6, 6.07) is 6.48. The number of hydrogen-bond donors (Lipinski definition) is 1. The van der Waals surface area contributed by atoms with Gasteiger partial charge in [-0.25, -0.2) is 0 Å². The van der Waals surface area contributed by atoms with Crippen LogP contribution in [0.1, 0.15) is 25.0 Å². The lowest BCUT2D eigenvalue weighted by atomic mass is 10.0. The Hall–Kier alpha value is -1.10. The highest BCUT2D eigenvalue weighted by Crippen LogP contribution is 2.35. The second-order valence-corrected chi connectivity index (χ2v) is 6.57. The topological polar surface area (TPSA) is 33.7 Å². The Kier molecular flexibility index (Phi) is 5.62. The lowest BCUT2D eigenvalue weighted by Crippen LogP contribution is -2.24. The summed E-state index contributed by atoms with van der Waals surface area (Å²) in [5.74, 6) is 1.04. The van der Waals surface area contributed by atoms with Crippen LogP contribution in [-0.2, 0) is 17.7 Å². The van der Waals surface area contributed by atoms with Crippen molar-refractivity contribution in [3.8, 4) is 5.75 Å². The molecular weight excluding hydrogens is 264 g/mol. The van der Waals surface area contributed by atoms with E-state index >= 15 is 0 Å². The second-order valence-electron chi connectivity index (χ2n) is 6.57. The first-order valence-electron chi connectivity index (χ1n) is 7.70. The third-order valence-corrected chi connectivity index (χ3v) is 3.56. The van der Waals surface area contributed by atoms with Gasteiger partial charge < -0.3 is 19.7 Å². The van der Waals surface area contributed by atoms with Gasteiger partial charge in [0.05, 0.1) is 13.2 Å². The Morgan fingerprint density at radius 3 is 2.86 bits per heavy atom. The van der Waals surface area contributed by atoms with Crippen LogP contribution in [0.5, 0.6) is 5.75 Å². The van der Waals surface area contributed by atoms with Crippen molar-refractivity contribution in [1.29, 1.82) is 0 Å². The summed E-state index contributed by atoms with van der Waals surface area (Å²) >= 11 is 0. The molecule has 21 heavy (non-hydrogen) atoms. The summed E-state index contributed by atoms with van der Waals surface area (Å²) in [6.45, 7) is 8.55. The molecule has 2 rings (SSSR count). The van der Waals surface area contributed by atoms with Gasteiger partial charge in [-0.2, -0.15) is 0 Å². The Bertz CT molecular complexity index is 458. The van der Waals surface area contributed by atoms with Gasteiger partial charge in [0.2, 0.25) is 0 Å². The largest absolute Gasteiger partial charge is 0.487 e. The van der Waals surface area contributed by atoms with E-state index in [-0.39, 0.29) is 5.60 Å². The molecule has 1 aliphatic heterocycles. The Morgan fingerprint density at radius 1 is 1.29 bits per heavy atom. The van der Waals surface area contributed by atoms with Gasteiger partial charge >= 0.3 is 0 Å². The minimum absolute atomic E-state index is 0.0608. The fourth-order valence-corrected chi connectivity index (χ4v) is 2.50. The summed E-state index contributed by atoms with van der Waals surface area (Å²) in [7, 11) is 4.11. The molecule has 1 heterocycles. The smallest absolute Gasteiger partial charge is 0.123 e. The van der Waals surface area contributed by atoms with Crippen LogP contribution in [0, 0.1) is 0 Å². The molecule has 0 fully saturated rings. The number of hydrogen-bond acceptors (Lipinski definition) is 4. The molecule has 0 aromatic heterocycles. The van der Waals surface area contributed by atoms with Crippen LogP contribution in [0.3, 0.4) is 0 Å². The van der Waals surface area contributed by atoms with Crippen LogP contribution in [0.2, 0.25) is 0 Å². The van der Waals surface area contributed by atoms with Crippen molar-refractivity contribution in [3.63, 3.8) is 0 Å². The molecule has 0 amide bonds. The van der Waals surface area contributed by atoms with Gasteiger partial charge in [0.25, 0.3) is 0 Å². The van der Waals surface area contributed by atoms with Crippen molar-refractivity contribution in [2.75, 3.05) is 40.4 Å². The van der Waals surface area contributed by atoms with Crippen molar-refractivity contribution in [1.82, 2.24) is 10.2 Å². The molecule has 1 aromatic rings. The predicted molar refractivity (Wildman–Crippen MR) is 85.9 cm³/mol. The molecule has 4 heteroatoms. The molecule has 0 saturated carbocycles. The molecule has 0 saturated heterocycles. The molecular formula is C17H28N2O2. The summed E-state index contributed by atoms with van der Waals surface area (Å²) < 4.78 is 11.5. The van der Waals surface area contributed by atoms with Crippen molar-refractivity contribution in [2.45, 2.75) is 32.4 Å². The van der Waals surface area contributed by atoms with Gasteiger partial charge in [-0.05, 0) is 45.1 Å². The van der Waals surface area contributed by atoms with E-state index in [1.165, 1.54) is 11.1 Å². The van der Waals surface area contributed by atoms with Gasteiger partial charge in [0.15, 0.2) is 0 Å². The van der Waals surface area contributed by atoms with Gasteiger partial charge in [-0.1, -0.05) is 12.1 Å². The summed E-state index contributed by atoms with van der Waals surface area (Å²) in [4.78, 5) is 2.13. The average molecular weight is 292 g/mol. The first kappa shape index (κ1) is 16.3. The molecule has 118 valence electrons. The number of likely N-dealkylation sites (N-methyl/N-ethyl adjacent to an activating group) is 1. The number of rotatable bonds is 8. The zero-order valence-electron chi connectivity index (χ0n) is 13.7. The standard InChI is InChI=1S/C17H28N2O2/c1-17(2)12-15-11-14(5-6-16(15)21-17)13-18-7-9-20-10-8-19(3)4/h5-6,11,18H,7-10,12-13H2,1-4H3. The average Bonchev–Trinajstić information content (AvgIpc) is 2.70. The van der Waals surface area contributed by atoms with E-state index in [9.17, 15) is 0 Å². The maximum absolute atomic E-state index is 5.89. The number of nitrogens with zero attached hydrogens (tertiary/aromatic N) is 1. The number of nitrogens with one attached hydrogen (secondary N) is 1. The van der Waals surface area contributed by atoms with Crippen molar-refractivity contribution < 1.29 is 9.47 Å². The van der Waals surface area contributed by atoms with Crippen molar-refractivity contribution in [3.05, 3.63) is 29.3 Å². The van der Waals surface area contributed by atoms with E-state index in [0.29, 0.717) is 0 Å². The van der Waals surface area contributed by atoms with E-state index in [1.807, 2.05) is 0 Å². The lowest BCUT2D eigenvalue weighted by Gasteiger charge is -2.16. The monoisotopic (exact) mass is 292 g/mol. The van der Waals surface area contributed by atoms with Gasteiger partial charge in [0.1, 0.15) is 11.4 Å². The molecule has 0 bridgehead atoms. The zero-order chi connectivity index (χ0) is 15.3. The van der Waals surface area contributed by atoms with E-state index in [1.54, 1.807) is 0 Å².